The van der Waals surface area contributed by atoms with Crippen molar-refractivity contribution < 1.29 is 9.53 Å². The number of ether oxygens (including phenoxy) is 1. The van der Waals surface area contributed by atoms with Crippen molar-refractivity contribution in [2.24, 2.45) is 0 Å². The molecule has 0 radical (unpaired) electrons. The van der Waals surface area contributed by atoms with Crippen molar-refractivity contribution in [2.45, 2.75) is 49.7 Å². The third-order valence-corrected chi connectivity index (χ3v) is 5.48. The molecule has 1 amide bonds. The number of amides is 1. The highest BCUT2D eigenvalue weighted by Crippen LogP contribution is 2.34. The highest BCUT2D eigenvalue weighted by molar-refractivity contribution is 8.00. The fraction of sp³-hybridized carbons (Fsp3) is 0.500. The van der Waals surface area contributed by atoms with Crippen LogP contribution in [0.25, 0.3) is 0 Å². The van der Waals surface area contributed by atoms with E-state index in [9.17, 15) is 4.79 Å². The van der Waals surface area contributed by atoms with Crippen molar-refractivity contribution in [2.75, 3.05) is 18.6 Å². The number of fused-ring (bicyclic) bond motifs is 1. The van der Waals surface area contributed by atoms with Gasteiger partial charge in [-0.2, -0.15) is 0 Å². The molecule has 2 unspecified atom stereocenters. The van der Waals surface area contributed by atoms with Crippen LogP contribution in [-0.2, 0) is 22.5 Å². The molecule has 2 aromatic rings. The third kappa shape index (κ3) is 3.88. The van der Waals surface area contributed by atoms with Gasteiger partial charge in [-0.15, -0.1) is 10.2 Å². The van der Waals surface area contributed by atoms with E-state index in [2.05, 4.69) is 23.2 Å². The normalized spacial score (nSPS) is 17.6. The van der Waals surface area contributed by atoms with Gasteiger partial charge in [0.15, 0.2) is 5.16 Å². The van der Waals surface area contributed by atoms with Crippen molar-refractivity contribution in [1.29, 1.82) is 0 Å². The Hall–Kier alpha value is -1.86. The molecule has 134 valence electrons. The number of nitrogens with zero attached hydrogens (tertiary/aromatic N) is 4. The largest absolute Gasteiger partial charge is 0.385 e. The van der Waals surface area contributed by atoms with Gasteiger partial charge in [0.05, 0.1) is 5.25 Å². The summed E-state index contributed by atoms with van der Waals surface area (Å²) in [6.07, 6.45) is 3.51. The summed E-state index contributed by atoms with van der Waals surface area (Å²) in [6, 6.07) is 8.33. The fourth-order valence-corrected chi connectivity index (χ4v) is 4.07. The molecule has 0 aliphatic carbocycles. The molecule has 7 heteroatoms. The molecule has 0 N–H and O–H groups in total. The van der Waals surface area contributed by atoms with E-state index in [1.54, 1.807) is 13.4 Å². The molecular weight excluding hydrogens is 336 g/mol. The van der Waals surface area contributed by atoms with Gasteiger partial charge in [0.25, 0.3) is 0 Å². The molecule has 0 saturated heterocycles. The van der Waals surface area contributed by atoms with Gasteiger partial charge in [0, 0.05) is 32.0 Å². The number of carbonyl (C=O) groups is 1. The minimum absolute atomic E-state index is 0.119. The van der Waals surface area contributed by atoms with Crippen LogP contribution in [0.4, 0.5) is 5.69 Å². The molecule has 6 nitrogen and oxygen atoms in total. The predicted octanol–water partition coefficient (Wildman–Crippen LogP) is 2.77. The number of hydrogen-bond acceptors (Lipinski definition) is 5. The molecule has 25 heavy (non-hydrogen) atoms. The van der Waals surface area contributed by atoms with E-state index in [4.69, 9.17) is 4.74 Å². The lowest BCUT2D eigenvalue weighted by molar-refractivity contribution is -0.118. The Morgan fingerprint density at radius 1 is 1.44 bits per heavy atom. The van der Waals surface area contributed by atoms with Gasteiger partial charge in [0.1, 0.15) is 6.33 Å². The monoisotopic (exact) mass is 360 g/mol. The summed E-state index contributed by atoms with van der Waals surface area (Å²) >= 11 is 1.46. The minimum atomic E-state index is -0.223. The Kier molecular flexibility index (Phi) is 5.75. The van der Waals surface area contributed by atoms with Crippen molar-refractivity contribution in [3.8, 4) is 0 Å². The van der Waals surface area contributed by atoms with Crippen LogP contribution in [0.1, 0.15) is 25.8 Å². The third-order valence-electron chi connectivity index (χ3n) is 4.40. The molecule has 0 bridgehead atoms. The molecule has 0 saturated carbocycles. The Morgan fingerprint density at radius 2 is 2.24 bits per heavy atom. The van der Waals surface area contributed by atoms with Gasteiger partial charge in [-0.25, -0.2) is 0 Å². The lowest BCUT2D eigenvalue weighted by Gasteiger charge is -2.25. The van der Waals surface area contributed by atoms with E-state index in [1.807, 2.05) is 34.6 Å². The van der Waals surface area contributed by atoms with Gasteiger partial charge in [-0.1, -0.05) is 30.0 Å². The number of para-hydroxylation sites is 1. The van der Waals surface area contributed by atoms with Gasteiger partial charge >= 0.3 is 0 Å². The molecule has 0 fully saturated rings. The Balaban J connectivity index is 1.69. The first kappa shape index (κ1) is 17.9. The summed E-state index contributed by atoms with van der Waals surface area (Å²) in [7, 11) is 1.69. The highest BCUT2D eigenvalue weighted by atomic mass is 32.2. The number of rotatable bonds is 7. The first-order chi connectivity index (χ1) is 12.1. The van der Waals surface area contributed by atoms with Crippen LogP contribution in [0.2, 0.25) is 0 Å². The highest BCUT2D eigenvalue weighted by Gasteiger charge is 2.33. The summed E-state index contributed by atoms with van der Waals surface area (Å²) in [5, 5.41) is 8.71. The second-order valence-corrected chi connectivity index (χ2v) is 7.61. The van der Waals surface area contributed by atoms with E-state index in [0.29, 0.717) is 6.61 Å². The number of aromatic nitrogens is 3. The second kappa shape index (κ2) is 8.01. The second-order valence-electron chi connectivity index (χ2n) is 6.30. The topological polar surface area (TPSA) is 60.2 Å². The number of anilines is 1. The summed E-state index contributed by atoms with van der Waals surface area (Å²) in [6.45, 7) is 5.52. The summed E-state index contributed by atoms with van der Waals surface area (Å²) in [5.41, 5.74) is 2.28. The molecule has 3 rings (SSSR count). The molecule has 0 spiro atoms. The van der Waals surface area contributed by atoms with E-state index >= 15 is 0 Å². The number of hydrogen-bond donors (Lipinski definition) is 0. The van der Waals surface area contributed by atoms with Crippen LogP contribution in [-0.4, -0.2) is 45.7 Å². The van der Waals surface area contributed by atoms with E-state index in [1.165, 1.54) is 17.3 Å². The zero-order valence-electron chi connectivity index (χ0n) is 14.9. The standard InChI is InChI=1S/C18H24N4O2S/c1-13-11-15-7-4-5-8-16(15)22(13)17(23)14(2)25-18-20-19-12-21(18)9-6-10-24-3/h4-5,7-8,12-14H,6,9-11H2,1-3H3. The van der Waals surface area contributed by atoms with E-state index < -0.39 is 0 Å². The lowest BCUT2D eigenvalue weighted by Crippen LogP contribution is -2.40. The van der Waals surface area contributed by atoms with E-state index in [-0.39, 0.29) is 17.2 Å². The Morgan fingerprint density at radius 3 is 3.04 bits per heavy atom. The first-order valence-electron chi connectivity index (χ1n) is 8.56. The smallest absolute Gasteiger partial charge is 0.240 e. The van der Waals surface area contributed by atoms with Crippen molar-refractivity contribution in [3.63, 3.8) is 0 Å². The molecule has 1 aliphatic heterocycles. The number of aryl methyl sites for hydroxylation is 1. The molecule has 2 heterocycles. The Labute approximate surface area is 152 Å². The molecule has 1 aromatic heterocycles. The number of methoxy groups -OCH3 is 1. The van der Waals surface area contributed by atoms with Crippen molar-refractivity contribution >= 4 is 23.4 Å². The zero-order valence-corrected chi connectivity index (χ0v) is 15.7. The first-order valence-corrected chi connectivity index (χ1v) is 9.44. The predicted molar refractivity (Wildman–Crippen MR) is 98.9 cm³/mol. The summed E-state index contributed by atoms with van der Waals surface area (Å²) in [5.74, 6) is 0.119. The van der Waals surface area contributed by atoms with Gasteiger partial charge in [-0.05, 0) is 38.3 Å². The Bertz CT molecular complexity index is 733. The maximum Gasteiger partial charge on any atom is 0.240 e. The summed E-state index contributed by atoms with van der Waals surface area (Å²) in [4.78, 5) is 15.0. The van der Waals surface area contributed by atoms with Crippen LogP contribution in [0.3, 0.4) is 0 Å². The SMILES string of the molecule is COCCCn1cnnc1SC(C)C(=O)N1c2ccccc2CC1C. The number of benzene rings is 1. The molecule has 2 atom stereocenters. The van der Waals surface area contributed by atoms with Gasteiger partial charge in [-0.3, -0.25) is 4.79 Å². The fourth-order valence-electron chi connectivity index (χ4n) is 3.17. The minimum Gasteiger partial charge on any atom is -0.385 e. The average Bonchev–Trinajstić information content (AvgIpc) is 3.17. The number of carbonyl (C=O) groups excluding carboxylic acids is 1. The molecular formula is C18H24N4O2S. The van der Waals surface area contributed by atoms with Gasteiger partial charge in [0.2, 0.25) is 5.91 Å². The van der Waals surface area contributed by atoms with Crippen LogP contribution in [0, 0.1) is 0 Å². The maximum atomic E-state index is 13.0. The van der Waals surface area contributed by atoms with Crippen LogP contribution in [0.15, 0.2) is 35.7 Å². The summed E-state index contributed by atoms with van der Waals surface area (Å²) < 4.78 is 7.07. The lowest BCUT2D eigenvalue weighted by atomic mass is 10.1. The number of thioether (sulfide) groups is 1. The van der Waals surface area contributed by atoms with Crippen molar-refractivity contribution in [3.05, 3.63) is 36.2 Å². The zero-order chi connectivity index (χ0) is 17.8. The molecule has 1 aromatic carbocycles. The average molecular weight is 360 g/mol. The molecule has 1 aliphatic rings. The van der Waals surface area contributed by atoms with Crippen LogP contribution < -0.4 is 4.90 Å². The van der Waals surface area contributed by atoms with E-state index in [0.717, 1.165) is 30.2 Å². The van der Waals surface area contributed by atoms with Crippen LogP contribution >= 0.6 is 11.8 Å². The maximum absolute atomic E-state index is 13.0. The van der Waals surface area contributed by atoms with Crippen LogP contribution in [0.5, 0.6) is 0 Å². The van der Waals surface area contributed by atoms with Gasteiger partial charge < -0.3 is 14.2 Å². The quantitative estimate of drug-likeness (QED) is 0.561. The van der Waals surface area contributed by atoms with Crippen molar-refractivity contribution in [1.82, 2.24) is 14.8 Å².